The molecule has 0 saturated carbocycles. The second kappa shape index (κ2) is 5.29. The summed E-state index contributed by atoms with van der Waals surface area (Å²) in [5.41, 5.74) is 0. The molecule has 0 radical (unpaired) electrons. The molecule has 0 atom stereocenters. The molecule has 1 rings (SSSR count). The van der Waals surface area contributed by atoms with Gasteiger partial charge in [-0.2, -0.15) is 4.37 Å². The van der Waals surface area contributed by atoms with Crippen molar-refractivity contribution in [2.45, 2.75) is 17.7 Å². The van der Waals surface area contributed by atoms with Gasteiger partial charge in [-0.05, 0) is 11.5 Å². The first kappa shape index (κ1) is 12.2. The second-order valence-electron chi connectivity index (χ2n) is 2.42. The van der Waals surface area contributed by atoms with Crippen LogP contribution >= 0.6 is 34.0 Å². The molecule has 1 aromatic heterocycles. The molecule has 1 aromatic rings. The Morgan fingerprint density at radius 3 is 2.79 bits per heavy atom. The van der Waals surface area contributed by atoms with Gasteiger partial charge in [0.05, 0.1) is 5.75 Å². The van der Waals surface area contributed by atoms with Crippen LogP contribution in [0, 0.1) is 0 Å². The average Bonchev–Trinajstić information content (AvgIpc) is 2.50. The summed E-state index contributed by atoms with van der Waals surface area (Å²) in [5.74, 6) is 1.18. The number of rotatable bonds is 5. The first-order valence-corrected chi connectivity index (χ1v) is 8.12. The third-order valence-corrected chi connectivity index (χ3v) is 4.60. The SMILES string of the molecule is CCc1nsc(SCCS(=O)(=O)Cl)n1. The third kappa shape index (κ3) is 4.59. The summed E-state index contributed by atoms with van der Waals surface area (Å²) in [5, 5.41) is 0. The summed E-state index contributed by atoms with van der Waals surface area (Å²) < 4.78 is 26.1. The Labute approximate surface area is 95.7 Å². The van der Waals surface area contributed by atoms with Crippen LogP contribution in [-0.4, -0.2) is 29.3 Å². The maximum Gasteiger partial charge on any atom is 0.233 e. The average molecular weight is 273 g/mol. The Hall–Kier alpha value is 0.150. The zero-order chi connectivity index (χ0) is 10.6. The van der Waals surface area contributed by atoms with Gasteiger partial charge in [-0.3, -0.25) is 0 Å². The minimum Gasteiger partial charge on any atom is -0.213 e. The van der Waals surface area contributed by atoms with Gasteiger partial charge in [-0.25, -0.2) is 13.4 Å². The first-order chi connectivity index (χ1) is 6.51. The maximum atomic E-state index is 10.6. The van der Waals surface area contributed by atoms with E-state index in [1.54, 1.807) is 0 Å². The minimum absolute atomic E-state index is 0.0414. The van der Waals surface area contributed by atoms with Crippen LogP contribution < -0.4 is 0 Å². The Bertz CT molecular complexity index is 390. The summed E-state index contributed by atoms with van der Waals surface area (Å²) in [6.07, 6.45) is 0.796. The van der Waals surface area contributed by atoms with Crippen LogP contribution in [0.25, 0.3) is 0 Å². The van der Waals surface area contributed by atoms with Crippen molar-refractivity contribution in [3.05, 3.63) is 5.82 Å². The Kier molecular flexibility index (Phi) is 4.62. The van der Waals surface area contributed by atoms with Gasteiger partial charge in [0.25, 0.3) is 0 Å². The fraction of sp³-hybridized carbons (Fsp3) is 0.667. The Morgan fingerprint density at radius 2 is 2.29 bits per heavy atom. The van der Waals surface area contributed by atoms with Crippen LogP contribution in [0.1, 0.15) is 12.7 Å². The molecule has 0 fully saturated rings. The van der Waals surface area contributed by atoms with Gasteiger partial charge in [-0.15, -0.1) is 0 Å². The van der Waals surface area contributed by atoms with Gasteiger partial charge in [-0.1, -0.05) is 18.7 Å². The lowest BCUT2D eigenvalue weighted by molar-refractivity contribution is 0.611. The predicted molar refractivity (Wildman–Crippen MR) is 59.7 cm³/mol. The predicted octanol–water partition coefficient (Wildman–Crippen LogP) is 1.76. The summed E-state index contributed by atoms with van der Waals surface area (Å²) in [6.45, 7) is 1.97. The molecule has 0 aliphatic heterocycles. The highest BCUT2D eigenvalue weighted by Crippen LogP contribution is 2.20. The lowest BCUT2D eigenvalue weighted by Gasteiger charge is -1.93. The second-order valence-corrected chi connectivity index (χ2v) is 7.41. The molecule has 4 nitrogen and oxygen atoms in total. The monoisotopic (exact) mass is 272 g/mol. The summed E-state index contributed by atoms with van der Waals surface area (Å²) in [7, 11) is 1.67. The van der Waals surface area contributed by atoms with Crippen LogP contribution in [0.5, 0.6) is 0 Å². The van der Waals surface area contributed by atoms with Gasteiger partial charge in [0.1, 0.15) is 5.82 Å². The third-order valence-electron chi connectivity index (χ3n) is 1.32. The molecule has 0 aliphatic carbocycles. The fourth-order valence-electron chi connectivity index (χ4n) is 0.669. The molecule has 0 aliphatic rings. The number of hydrogen-bond donors (Lipinski definition) is 0. The number of nitrogens with zero attached hydrogens (tertiary/aromatic N) is 2. The molecule has 0 spiro atoms. The molecule has 0 aromatic carbocycles. The maximum absolute atomic E-state index is 10.6. The van der Waals surface area contributed by atoms with Gasteiger partial charge in [0, 0.05) is 22.9 Å². The van der Waals surface area contributed by atoms with E-state index in [1.165, 1.54) is 23.3 Å². The van der Waals surface area contributed by atoms with E-state index in [4.69, 9.17) is 10.7 Å². The highest BCUT2D eigenvalue weighted by Gasteiger charge is 2.07. The van der Waals surface area contributed by atoms with E-state index in [1.807, 2.05) is 6.92 Å². The molecule has 1 heterocycles. The number of halogens is 1. The van der Waals surface area contributed by atoms with Crippen molar-refractivity contribution in [1.82, 2.24) is 9.36 Å². The van der Waals surface area contributed by atoms with Gasteiger partial charge >= 0.3 is 0 Å². The molecular formula is C6H9ClN2O2S3. The number of hydrogen-bond acceptors (Lipinski definition) is 6. The summed E-state index contributed by atoms with van der Waals surface area (Å²) >= 11 is 2.65. The standard InChI is InChI=1S/C6H9ClN2O2S3/c1-2-5-8-6(13-9-5)12-3-4-14(7,10)11/h2-4H2,1H3. The normalized spacial score (nSPS) is 11.9. The van der Waals surface area contributed by atoms with Gasteiger partial charge < -0.3 is 0 Å². The number of aromatic nitrogens is 2. The Balaban J connectivity index is 2.39. The van der Waals surface area contributed by atoms with Crippen molar-refractivity contribution in [3.63, 3.8) is 0 Å². The number of aryl methyl sites for hydroxylation is 1. The lowest BCUT2D eigenvalue weighted by atomic mass is 10.5. The highest BCUT2D eigenvalue weighted by atomic mass is 35.7. The largest absolute Gasteiger partial charge is 0.233 e. The van der Waals surface area contributed by atoms with Crippen molar-refractivity contribution in [1.29, 1.82) is 0 Å². The topological polar surface area (TPSA) is 59.9 Å². The molecular weight excluding hydrogens is 264 g/mol. The smallest absolute Gasteiger partial charge is 0.213 e. The van der Waals surface area contributed by atoms with E-state index in [0.717, 1.165) is 16.6 Å². The first-order valence-electron chi connectivity index (χ1n) is 3.89. The zero-order valence-corrected chi connectivity index (χ0v) is 10.6. The van der Waals surface area contributed by atoms with Gasteiger partial charge in [0.2, 0.25) is 9.05 Å². The molecule has 8 heteroatoms. The molecule has 80 valence electrons. The van der Waals surface area contributed by atoms with Gasteiger partial charge in [0.15, 0.2) is 4.34 Å². The fourth-order valence-corrected chi connectivity index (χ4v) is 3.78. The van der Waals surface area contributed by atoms with E-state index in [2.05, 4.69) is 9.36 Å². The molecule has 0 N–H and O–H groups in total. The van der Waals surface area contributed by atoms with Crippen molar-refractivity contribution < 1.29 is 8.42 Å². The van der Waals surface area contributed by atoms with Crippen LogP contribution in [0.4, 0.5) is 0 Å². The summed E-state index contributed by atoms with van der Waals surface area (Å²) in [6, 6.07) is 0. The minimum atomic E-state index is -3.39. The van der Waals surface area contributed by atoms with E-state index in [-0.39, 0.29) is 5.75 Å². The number of thioether (sulfide) groups is 1. The van der Waals surface area contributed by atoms with Crippen LogP contribution in [0.3, 0.4) is 0 Å². The molecule has 14 heavy (non-hydrogen) atoms. The van der Waals surface area contributed by atoms with E-state index in [9.17, 15) is 8.42 Å². The molecule has 0 bridgehead atoms. The molecule has 0 saturated heterocycles. The van der Waals surface area contributed by atoms with Crippen molar-refractivity contribution in [3.8, 4) is 0 Å². The van der Waals surface area contributed by atoms with Crippen molar-refractivity contribution >= 4 is 43.0 Å². The molecule has 0 amide bonds. The van der Waals surface area contributed by atoms with Crippen LogP contribution in [0.2, 0.25) is 0 Å². The van der Waals surface area contributed by atoms with Crippen LogP contribution in [0.15, 0.2) is 4.34 Å². The summed E-state index contributed by atoms with van der Waals surface area (Å²) in [4.78, 5) is 4.18. The van der Waals surface area contributed by atoms with E-state index >= 15 is 0 Å². The zero-order valence-electron chi connectivity index (χ0n) is 7.43. The highest BCUT2D eigenvalue weighted by molar-refractivity contribution is 8.14. The van der Waals surface area contributed by atoms with E-state index < -0.39 is 9.05 Å². The molecule has 0 unspecified atom stereocenters. The quantitative estimate of drug-likeness (QED) is 0.604. The van der Waals surface area contributed by atoms with E-state index in [0.29, 0.717) is 5.75 Å². The lowest BCUT2D eigenvalue weighted by Crippen LogP contribution is -1.99. The Morgan fingerprint density at radius 1 is 1.57 bits per heavy atom. The van der Waals surface area contributed by atoms with Crippen LogP contribution in [-0.2, 0) is 15.5 Å². The van der Waals surface area contributed by atoms with Crippen molar-refractivity contribution in [2.24, 2.45) is 0 Å². The van der Waals surface area contributed by atoms with Crippen molar-refractivity contribution in [2.75, 3.05) is 11.5 Å².